The quantitative estimate of drug-likeness (QED) is 0.447. The highest BCUT2D eigenvalue weighted by atomic mass is 16.3. The fourth-order valence-corrected chi connectivity index (χ4v) is 1.19. The van der Waals surface area contributed by atoms with Gasteiger partial charge >= 0.3 is 0 Å². The maximum absolute atomic E-state index is 11.4. The molecule has 0 atom stereocenters. The van der Waals surface area contributed by atoms with Crippen molar-refractivity contribution in [1.29, 1.82) is 0 Å². The molecular weight excluding hydrogens is 210 g/mol. The molecule has 0 saturated carbocycles. The summed E-state index contributed by atoms with van der Waals surface area (Å²) in [6.45, 7) is 5.77. The lowest BCUT2D eigenvalue weighted by Gasteiger charge is -2.18. The van der Waals surface area contributed by atoms with E-state index < -0.39 is 0 Å². The van der Waals surface area contributed by atoms with Crippen LogP contribution in [0.2, 0.25) is 0 Å². The van der Waals surface area contributed by atoms with Crippen molar-refractivity contribution in [3.8, 4) is 0 Å². The number of carbonyl (C=O) groups is 2. The van der Waals surface area contributed by atoms with Gasteiger partial charge < -0.3 is 15.7 Å². The third kappa shape index (κ3) is 8.19. The third-order valence-electron chi connectivity index (χ3n) is 2.05. The highest BCUT2D eigenvalue weighted by molar-refractivity contribution is 5.78. The zero-order valence-electron chi connectivity index (χ0n) is 9.95. The molecule has 0 aliphatic carbocycles. The SMILES string of the molecule is CCN(CCO)CC(=O)NCCNC(C)=O. The molecule has 94 valence electrons. The minimum atomic E-state index is -0.107. The zero-order valence-corrected chi connectivity index (χ0v) is 9.95. The Balaban J connectivity index is 3.60. The van der Waals surface area contributed by atoms with E-state index in [2.05, 4.69) is 10.6 Å². The van der Waals surface area contributed by atoms with Gasteiger partial charge in [0.25, 0.3) is 0 Å². The fraction of sp³-hybridized carbons (Fsp3) is 0.800. The number of nitrogens with zero attached hydrogens (tertiary/aromatic N) is 1. The average molecular weight is 231 g/mol. The monoisotopic (exact) mass is 231 g/mol. The predicted octanol–water partition coefficient (Wildman–Crippen LogP) is -1.45. The van der Waals surface area contributed by atoms with E-state index in [4.69, 9.17) is 5.11 Å². The van der Waals surface area contributed by atoms with Gasteiger partial charge in [0.05, 0.1) is 13.2 Å². The highest BCUT2D eigenvalue weighted by Crippen LogP contribution is 1.85. The Hall–Kier alpha value is -1.14. The highest BCUT2D eigenvalue weighted by Gasteiger charge is 2.07. The van der Waals surface area contributed by atoms with E-state index in [1.807, 2.05) is 11.8 Å². The molecule has 0 heterocycles. The Bertz CT molecular complexity index is 221. The van der Waals surface area contributed by atoms with Crippen LogP contribution >= 0.6 is 0 Å². The molecule has 6 nitrogen and oxygen atoms in total. The molecule has 0 aromatic rings. The molecular formula is C10H21N3O3. The average Bonchev–Trinajstić information content (AvgIpc) is 2.23. The van der Waals surface area contributed by atoms with E-state index in [0.29, 0.717) is 19.6 Å². The predicted molar refractivity (Wildman–Crippen MR) is 60.9 cm³/mol. The second-order valence-electron chi connectivity index (χ2n) is 3.43. The van der Waals surface area contributed by atoms with Gasteiger partial charge in [-0.25, -0.2) is 0 Å². The van der Waals surface area contributed by atoms with Gasteiger partial charge in [-0.15, -0.1) is 0 Å². The van der Waals surface area contributed by atoms with Crippen molar-refractivity contribution < 1.29 is 14.7 Å². The maximum Gasteiger partial charge on any atom is 0.234 e. The molecule has 0 fully saturated rings. The summed E-state index contributed by atoms with van der Waals surface area (Å²) in [4.78, 5) is 23.8. The molecule has 0 aromatic heterocycles. The van der Waals surface area contributed by atoms with Gasteiger partial charge in [-0.05, 0) is 6.54 Å². The lowest BCUT2D eigenvalue weighted by Crippen LogP contribution is -2.41. The smallest absolute Gasteiger partial charge is 0.234 e. The number of hydrogen-bond donors (Lipinski definition) is 3. The number of nitrogens with one attached hydrogen (secondary N) is 2. The Morgan fingerprint density at radius 2 is 1.88 bits per heavy atom. The van der Waals surface area contributed by atoms with E-state index in [1.54, 1.807) is 0 Å². The number of likely N-dealkylation sites (N-methyl/N-ethyl adjacent to an activating group) is 1. The molecule has 2 amide bonds. The summed E-state index contributed by atoms with van der Waals surface area (Å²) in [6, 6.07) is 0. The number of amides is 2. The van der Waals surface area contributed by atoms with Crippen LogP contribution in [0.3, 0.4) is 0 Å². The van der Waals surface area contributed by atoms with Crippen LogP contribution in [0.4, 0.5) is 0 Å². The van der Waals surface area contributed by atoms with Crippen molar-refractivity contribution in [2.45, 2.75) is 13.8 Å². The Labute approximate surface area is 96.0 Å². The first-order valence-corrected chi connectivity index (χ1v) is 5.44. The molecule has 0 bridgehead atoms. The molecule has 0 rings (SSSR count). The number of carbonyl (C=O) groups excluding carboxylic acids is 2. The standard InChI is InChI=1S/C10H21N3O3/c1-3-13(6-7-14)8-10(16)12-5-4-11-9(2)15/h14H,3-8H2,1-2H3,(H,11,15)(H,12,16). The first kappa shape index (κ1) is 14.9. The molecule has 0 unspecified atom stereocenters. The van der Waals surface area contributed by atoms with Crippen molar-refractivity contribution in [3.63, 3.8) is 0 Å². The molecule has 3 N–H and O–H groups in total. The topological polar surface area (TPSA) is 81.7 Å². The van der Waals surface area contributed by atoms with Gasteiger partial charge in [0.2, 0.25) is 11.8 Å². The van der Waals surface area contributed by atoms with E-state index in [1.165, 1.54) is 6.92 Å². The summed E-state index contributed by atoms with van der Waals surface area (Å²) >= 11 is 0. The number of rotatable bonds is 8. The van der Waals surface area contributed by atoms with Crippen LogP contribution < -0.4 is 10.6 Å². The second kappa shape index (κ2) is 9.11. The fourth-order valence-electron chi connectivity index (χ4n) is 1.19. The van der Waals surface area contributed by atoms with E-state index in [-0.39, 0.29) is 25.0 Å². The normalized spacial score (nSPS) is 10.2. The molecule has 6 heteroatoms. The molecule has 0 spiro atoms. The minimum absolute atomic E-state index is 0.0486. The molecule has 0 aliphatic rings. The first-order valence-electron chi connectivity index (χ1n) is 5.44. The summed E-state index contributed by atoms with van der Waals surface area (Å²) in [6.07, 6.45) is 0. The largest absolute Gasteiger partial charge is 0.395 e. The van der Waals surface area contributed by atoms with Crippen molar-refractivity contribution in [2.75, 3.05) is 39.3 Å². The minimum Gasteiger partial charge on any atom is -0.395 e. The van der Waals surface area contributed by atoms with Gasteiger partial charge in [0, 0.05) is 26.6 Å². The first-order chi connectivity index (χ1) is 7.60. The van der Waals surface area contributed by atoms with E-state index in [0.717, 1.165) is 6.54 Å². The third-order valence-corrected chi connectivity index (χ3v) is 2.05. The zero-order chi connectivity index (χ0) is 12.4. The lowest BCUT2D eigenvalue weighted by atomic mass is 10.4. The summed E-state index contributed by atoms with van der Waals surface area (Å²) in [5.41, 5.74) is 0. The second-order valence-corrected chi connectivity index (χ2v) is 3.43. The van der Waals surface area contributed by atoms with Gasteiger partial charge in [0.1, 0.15) is 0 Å². The Kier molecular flexibility index (Phi) is 8.46. The van der Waals surface area contributed by atoms with Gasteiger partial charge in [-0.1, -0.05) is 6.92 Å². The summed E-state index contributed by atoms with van der Waals surface area (Å²) in [5.74, 6) is -0.203. The number of hydrogen-bond acceptors (Lipinski definition) is 4. The van der Waals surface area contributed by atoms with Crippen molar-refractivity contribution >= 4 is 11.8 Å². The molecule has 0 aliphatic heterocycles. The van der Waals surface area contributed by atoms with Crippen LogP contribution in [0.5, 0.6) is 0 Å². The van der Waals surface area contributed by atoms with Crippen molar-refractivity contribution in [3.05, 3.63) is 0 Å². The van der Waals surface area contributed by atoms with Gasteiger partial charge in [0.15, 0.2) is 0 Å². The van der Waals surface area contributed by atoms with Crippen LogP contribution in [0, 0.1) is 0 Å². The summed E-state index contributed by atoms with van der Waals surface area (Å²) in [5, 5.41) is 14.0. The Morgan fingerprint density at radius 1 is 1.25 bits per heavy atom. The summed E-state index contributed by atoms with van der Waals surface area (Å²) < 4.78 is 0. The number of aliphatic hydroxyl groups is 1. The van der Waals surface area contributed by atoms with E-state index in [9.17, 15) is 9.59 Å². The van der Waals surface area contributed by atoms with Gasteiger partial charge in [-0.2, -0.15) is 0 Å². The Morgan fingerprint density at radius 3 is 2.38 bits per heavy atom. The van der Waals surface area contributed by atoms with Crippen LogP contribution in [-0.4, -0.2) is 61.2 Å². The summed E-state index contributed by atoms with van der Waals surface area (Å²) in [7, 11) is 0. The van der Waals surface area contributed by atoms with E-state index >= 15 is 0 Å². The molecule has 16 heavy (non-hydrogen) atoms. The molecule has 0 aromatic carbocycles. The van der Waals surface area contributed by atoms with Gasteiger partial charge in [-0.3, -0.25) is 14.5 Å². The number of aliphatic hydroxyl groups excluding tert-OH is 1. The van der Waals surface area contributed by atoms with Crippen molar-refractivity contribution in [2.24, 2.45) is 0 Å². The molecule has 0 radical (unpaired) electrons. The van der Waals surface area contributed by atoms with Crippen LogP contribution in [0.25, 0.3) is 0 Å². The lowest BCUT2D eigenvalue weighted by molar-refractivity contribution is -0.123. The van der Waals surface area contributed by atoms with Crippen LogP contribution in [-0.2, 0) is 9.59 Å². The van der Waals surface area contributed by atoms with Crippen molar-refractivity contribution in [1.82, 2.24) is 15.5 Å². The molecule has 0 saturated heterocycles. The van der Waals surface area contributed by atoms with Crippen LogP contribution in [0.1, 0.15) is 13.8 Å². The maximum atomic E-state index is 11.4. The van der Waals surface area contributed by atoms with Crippen LogP contribution in [0.15, 0.2) is 0 Å².